The van der Waals surface area contributed by atoms with E-state index >= 15 is 0 Å². The minimum absolute atomic E-state index is 0.0404. The number of hydrogen-bond acceptors (Lipinski definition) is 4. The summed E-state index contributed by atoms with van der Waals surface area (Å²) >= 11 is 12.2. The first-order valence-electron chi connectivity index (χ1n) is 10.0. The van der Waals surface area contributed by atoms with Gasteiger partial charge in [-0.3, -0.25) is 18.3 Å². The van der Waals surface area contributed by atoms with Crippen LogP contribution in [0.5, 0.6) is 0 Å². The SMILES string of the molecule is CCOCCCn1c(C)cn2c3c(=O)n(Cc4ccc(Cl)cc4Cl)c(=O)n(C)c3nc12. The quantitative estimate of drug-likeness (QED) is 0.394. The Morgan fingerprint density at radius 2 is 1.94 bits per heavy atom. The van der Waals surface area contributed by atoms with Gasteiger partial charge in [0.05, 0.1) is 6.54 Å². The molecule has 4 aromatic rings. The Labute approximate surface area is 188 Å². The zero-order valence-electron chi connectivity index (χ0n) is 17.6. The lowest BCUT2D eigenvalue weighted by Crippen LogP contribution is -2.39. The summed E-state index contributed by atoms with van der Waals surface area (Å²) in [5.41, 5.74) is 1.44. The van der Waals surface area contributed by atoms with E-state index in [0.717, 1.165) is 12.1 Å². The van der Waals surface area contributed by atoms with Crippen molar-refractivity contribution >= 4 is 40.1 Å². The van der Waals surface area contributed by atoms with E-state index in [4.69, 9.17) is 27.9 Å². The number of imidazole rings is 2. The Morgan fingerprint density at radius 1 is 1.16 bits per heavy atom. The van der Waals surface area contributed by atoms with Crippen LogP contribution in [0.25, 0.3) is 16.9 Å². The summed E-state index contributed by atoms with van der Waals surface area (Å²) in [4.78, 5) is 31.0. The number of ether oxygens (including phenoxy) is 1. The molecule has 0 N–H and O–H groups in total. The second-order valence-corrected chi connectivity index (χ2v) is 8.24. The van der Waals surface area contributed by atoms with Crippen molar-refractivity contribution in [1.82, 2.24) is 23.1 Å². The molecule has 3 heterocycles. The summed E-state index contributed by atoms with van der Waals surface area (Å²) < 4.78 is 11.8. The van der Waals surface area contributed by atoms with Gasteiger partial charge in [-0.05, 0) is 38.0 Å². The summed E-state index contributed by atoms with van der Waals surface area (Å²) in [6, 6.07) is 4.99. The van der Waals surface area contributed by atoms with Crippen molar-refractivity contribution in [3.05, 3.63) is 66.5 Å². The standard InChI is InChI=1S/C21H23Cl2N5O3/c1-4-31-9-5-8-26-13(2)11-27-17-18(24-20(26)27)25(3)21(30)28(19(17)29)12-14-6-7-15(22)10-16(14)23/h6-7,10-11H,4-5,8-9,12H2,1-3H3. The van der Waals surface area contributed by atoms with Gasteiger partial charge in [0.25, 0.3) is 5.56 Å². The van der Waals surface area contributed by atoms with E-state index in [1.165, 1.54) is 9.13 Å². The molecule has 0 spiro atoms. The van der Waals surface area contributed by atoms with Crippen LogP contribution in [-0.2, 0) is 24.9 Å². The summed E-state index contributed by atoms with van der Waals surface area (Å²) in [6.07, 6.45) is 2.69. The number of benzene rings is 1. The van der Waals surface area contributed by atoms with E-state index in [2.05, 4.69) is 4.98 Å². The first-order chi connectivity index (χ1) is 14.8. The molecule has 0 aliphatic rings. The molecule has 0 aliphatic carbocycles. The second-order valence-electron chi connectivity index (χ2n) is 7.40. The molecule has 0 fully saturated rings. The van der Waals surface area contributed by atoms with Crippen LogP contribution < -0.4 is 11.2 Å². The maximum atomic E-state index is 13.4. The number of rotatable bonds is 7. The van der Waals surface area contributed by atoms with Gasteiger partial charge in [-0.1, -0.05) is 29.3 Å². The predicted octanol–water partition coefficient (Wildman–Crippen LogP) is 3.24. The zero-order valence-corrected chi connectivity index (χ0v) is 19.1. The number of aryl methyl sites for hydroxylation is 3. The highest BCUT2D eigenvalue weighted by Gasteiger charge is 2.20. The molecule has 1 aromatic carbocycles. The Hall–Kier alpha value is -2.55. The lowest BCUT2D eigenvalue weighted by atomic mass is 10.2. The van der Waals surface area contributed by atoms with Crippen LogP contribution in [0.4, 0.5) is 0 Å². The maximum Gasteiger partial charge on any atom is 0.332 e. The van der Waals surface area contributed by atoms with E-state index in [1.807, 2.05) is 24.6 Å². The number of hydrogen-bond donors (Lipinski definition) is 0. The van der Waals surface area contributed by atoms with Gasteiger partial charge < -0.3 is 9.30 Å². The molecule has 10 heteroatoms. The third kappa shape index (κ3) is 3.79. The number of halogens is 2. The van der Waals surface area contributed by atoms with Crippen LogP contribution in [0.15, 0.2) is 34.0 Å². The highest BCUT2D eigenvalue weighted by atomic mass is 35.5. The molecule has 0 unspecified atom stereocenters. The van der Waals surface area contributed by atoms with Crippen molar-refractivity contribution in [2.75, 3.05) is 13.2 Å². The Morgan fingerprint density at radius 3 is 2.65 bits per heavy atom. The van der Waals surface area contributed by atoms with Crippen molar-refractivity contribution < 1.29 is 4.74 Å². The smallest absolute Gasteiger partial charge is 0.332 e. The molecule has 8 nitrogen and oxygen atoms in total. The van der Waals surface area contributed by atoms with Gasteiger partial charge in [-0.25, -0.2) is 4.79 Å². The van der Waals surface area contributed by atoms with Gasteiger partial charge in [0.1, 0.15) is 0 Å². The fourth-order valence-corrected chi connectivity index (χ4v) is 4.23. The van der Waals surface area contributed by atoms with E-state index in [9.17, 15) is 9.59 Å². The van der Waals surface area contributed by atoms with Crippen molar-refractivity contribution in [3.8, 4) is 0 Å². The molecule has 3 aromatic heterocycles. The topological polar surface area (TPSA) is 75.5 Å². The van der Waals surface area contributed by atoms with Gasteiger partial charge in [0, 0.05) is 48.7 Å². The fourth-order valence-electron chi connectivity index (χ4n) is 3.76. The van der Waals surface area contributed by atoms with Gasteiger partial charge in [0.15, 0.2) is 11.2 Å². The van der Waals surface area contributed by atoms with Crippen LogP contribution in [0.3, 0.4) is 0 Å². The molecule has 0 radical (unpaired) electrons. The van der Waals surface area contributed by atoms with Crippen LogP contribution in [0.2, 0.25) is 10.0 Å². The molecule has 0 saturated heterocycles. The van der Waals surface area contributed by atoms with Gasteiger partial charge in [-0.15, -0.1) is 0 Å². The van der Waals surface area contributed by atoms with Crippen LogP contribution >= 0.6 is 23.2 Å². The molecule has 0 saturated carbocycles. The average Bonchev–Trinajstić information content (AvgIpc) is 3.23. The largest absolute Gasteiger partial charge is 0.382 e. The lowest BCUT2D eigenvalue weighted by Gasteiger charge is -2.09. The number of fused-ring (bicyclic) bond motifs is 3. The molecular formula is C21H23Cl2N5O3. The summed E-state index contributed by atoms with van der Waals surface area (Å²) in [5.74, 6) is 0.623. The third-order valence-electron chi connectivity index (χ3n) is 5.36. The summed E-state index contributed by atoms with van der Waals surface area (Å²) in [7, 11) is 1.61. The van der Waals surface area contributed by atoms with Gasteiger partial charge in [0.2, 0.25) is 5.78 Å². The molecule has 0 amide bonds. The average molecular weight is 464 g/mol. The number of nitrogens with zero attached hydrogens (tertiary/aromatic N) is 5. The van der Waals surface area contributed by atoms with Crippen LogP contribution in [-0.4, -0.2) is 36.3 Å². The summed E-state index contributed by atoms with van der Waals surface area (Å²) in [6.45, 7) is 5.99. The molecule has 4 rings (SSSR count). The highest BCUT2D eigenvalue weighted by Crippen LogP contribution is 2.22. The fraction of sp³-hybridized carbons (Fsp3) is 0.381. The molecule has 0 atom stereocenters. The van der Waals surface area contributed by atoms with Crippen molar-refractivity contribution in [3.63, 3.8) is 0 Å². The van der Waals surface area contributed by atoms with Crippen molar-refractivity contribution in [2.45, 2.75) is 33.4 Å². The van der Waals surface area contributed by atoms with E-state index in [-0.39, 0.29) is 6.54 Å². The van der Waals surface area contributed by atoms with E-state index in [1.54, 1.807) is 29.6 Å². The van der Waals surface area contributed by atoms with E-state index in [0.29, 0.717) is 52.3 Å². The lowest BCUT2D eigenvalue weighted by molar-refractivity contribution is 0.142. The Bertz CT molecular complexity index is 1400. The molecular weight excluding hydrogens is 441 g/mol. The van der Waals surface area contributed by atoms with Crippen LogP contribution in [0.1, 0.15) is 24.6 Å². The third-order valence-corrected chi connectivity index (χ3v) is 5.95. The van der Waals surface area contributed by atoms with Crippen molar-refractivity contribution in [1.29, 1.82) is 0 Å². The maximum absolute atomic E-state index is 13.4. The first kappa shape index (κ1) is 21.7. The van der Waals surface area contributed by atoms with E-state index < -0.39 is 11.2 Å². The molecule has 0 bridgehead atoms. The predicted molar refractivity (Wildman–Crippen MR) is 122 cm³/mol. The van der Waals surface area contributed by atoms with Gasteiger partial charge >= 0.3 is 5.69 Å². The second kappa shape index (κ2) is 8.53. The Kier molecular flexibility index (Phi) is 5.96. The van der Waals surface area contributed by atoms with Crippen molar-refractivity contribution in [2.24, 2.45) is 7.05 Å². The monoisotopic (exact) mass is 463 g/mol. The highest BCUT2D eigenvalue weighted by molar-refractivity contribution is 6.35. The van der Waals surface area contributed by atoms with Gasteiger partial charge in [-0.2, -0.15) is 4.98 Å². The number of aromatic nitrogens is 5. The van der Waals surface area contributed by atoms with Crippen LogP contribution in [0, 0.1) is 6.92 Å². The molecule has 164 valence electrons. The zero-order chi connectivity index (χ0) is 22.3. The molecule has 0 aliphatic heterocycles. The Balaban J connectivity index is 1.86. The minimum atomic E-state index is -0.455. The first-order valence-corrected chi connectivity index (χ1v) is 10.8. The molecule has 31 heavy (non-hydrogen) atoms. The normalized spacial score (nSPS) is 11.8. The summed E-state index contributed by atoms with van der Waals surface area (Å²) in [5, 5.41) is 0.888. The minimum Gasteiger partial charge on any atom is -0.382 e.